The number of rotatable bonds is 5. The average Bonchev–Trinajstić information content (AvgIpc) is 3.06. The molecule has 0 saturated heterocycles. The van der Waals surface area contributed by atoms with Crippen LogP contribution in [0.5, 0.6) is 5.75 Å². The predicted molar refractivity (Wildman–Crippen MR) is 98.5 cm³/mol. The Labute approximate surface area is 145 Å². The number of ether oxygens (including phenoxy) is 1. The van der Waals surface area contributed by atoms with Gasteiger partial charge in [-0.15, -0.1) is 11.3 Å². The van der Waals surface area contributed by atoms with Gasteiger partial charge in [-0.3, -0.25) is 4.79 Å². The molecule has 0 radical (unpaired) electrons. The van der Waals surface area contributed by atoms with Gasteiger partial charge in [-0.05, 0) is 43.3 Å². The molecule has 24 heavy (non-hydrogen) atoms. The van der Waals surface area contributed by atoms with Gasteiger partial charge in [0.05, 0.1) is 12.3 Å². The topological polar surface area (TPSA) is 51.2 Å². The van der Waals surface area contributed by atoms with Gasteiger partial charge in [-0.25, -0.2) is 4.98 Å². The van der Waals surface area contributed by atoms with Gasteiger partial charge in [-0.1, -0.05) is 12.1 Å². The Hall–Kier alpha value is -2.66. The number of benzene rings is 2. The Bertz CT molecular complexity index is 823. The first kappa shape index (κ1) is 16.2. The minimum absolute atomic E-state index is 0.0748. The molecule has 3 aromatic rings. The summed E-state index contributed by atoms with van der Waals surface area (Å²) in [6.45, 7) is 4.13. The number of anilines is 1. The van der Waals surface area contributed by atoms with E-state index in [1.807, 2.05) is 60.8 Å². The highest BCUT2D eigenvalue weighted by atomic mass is 32.1. The summed E-state index contributed by atoms with van der Waals surface area (Å²) in [6, 6.07) is 15.6. The van der Waals surface area contributed by atoms with Crippen molar-refractivity contribution in [2.24, 2.45) is 0 Å². The van der Waals surface area contributed by atoms with Gasteiger partial charge in [-0.2, -0.15) is 0 Å². The third-order valence-electron chi connectivity index (χ3n) is 3.42. The lowest BCUT2D eigenvalue weighted by Gasteiger charge is -2.03. The molecule has 0 aliphatic heterocycles. The van der Waals surface area contributed by atoms with Crippen LogP contribution < -0.4 is 10.1 Å². The lowest BCUT2D eigenvalue weighted by atomic mass is 10.1. The predicted octanol–water partition coefficient (Wildman–Crippen LogP) is 4.83. The van der Waals surface area contributed by atoms with Gasteiger partial charge in [0.1, 0.15) is 10.8 Å². The minimum atomic E-state index is -0.0748. The SMILES string of the molecule is CCOc1ccc(-c2nc(-c3ccc(NC(C)=O)cc3)cs2)cc1. The Morgan fingerprint density at radius 2 is 1.75 bits per heavy atom. The highest BCUT2D eigenvalue weighted by molar-refractivity contribution is 7.13. The molecule has 4 nitrogen and oxygen atoms in total. The standard InChI is InChI=1S/C19H18N2O2S/c1-3-23-17-10-6-15(7-11-17)19-21-18(12-24-19)14-4-8-16(9-5-14)20-13(2)22/h4-12H,3H2,1-2H3,(H,20,22). The van der Waals surface area contributed by atoms with Gasteiger partial charge < -0.3 is 10.1 Å². The molecular formula is C19H18N2O2S. The van der Waals surface area contributed by atoms with E-state index in [1.165, 1.54) is 6.92 Å². The molecule has 0 unspecified atom stereocenters. The Kier molecular flexibility index (Phi) is 4.91. The molecule has 5 heteroatoms. The van der Waals surface area contributed by atoms with E-state index in [1.54, 1.807) is 11.3 Å². The van der Waals surface area contributed by atoms with E-state index in [2.05, 4.69) is 5.32 Å². The lowest BCUT2D eigenvalue weighted by molar-refractivity contribution is -0.114. The molecule has 0 saturated carbocycles. The molecule has 1 amide bonds. The maximum atomic E-state index is 11.1. The third kappa shape index (κ3) is 3.81. The van der Waals surface area contributed by atoms with Crippen molar-refractivity contribution in [3.63, 3.8) is 0 Å². The number of aromatic nitrogens is 1. The molecule has 1 heterocycles. The second kappa shape index (κ2) is 7.27. The van der Waals surface area contributed by atoms with Gasteiger partial charge in [0, 0.05) is 29.1 Å². The van der Waals surface area contributed by atoms with Gasteiger partial charge in [0.25, 0.3) is 0 Å². The molecule has 122 valence electrons. The fourth-order valence-corrected chi connectivity index (χ4v) is 3.16. The van der Waals surface area contributed by atoms with Gasteiger partial charge >= 0.3 is 0 Å². The molecule has 1 N–H and O–H groups in total. The van der Waals surface area contributed by atoms with Gasteiger partial charge in [0.2, 0.25) is 5.91 Å². The number of nitrogens with zero attached hydrogens (tertiary/aromatic N) is 1. The van der Waals surface area contributed by atoms with Crippen LogP contribution in [0.15, 0.2) is 53.9 Å². The number of nitrogens with one attached hydrogen (secondary N) is 1. The molecule has 1 aromatic heterocycles. The zero-order valence-electron chi connectivity index (χ0n) is 13.6. The molecule has 2 aromatic carbocycles. The first-order valence-electron chi connectivity index (χ1n) is 7.72. The number of carbonyl (C=O) groups excluding carboxylic acids is 1. The molecule has 0 fully saturated rings. The maximum Gasteiger partial charge on any atom is 0.221 e. The van der Waals surface area contributed by atoms with Crippen LogP contribution in [-0.4, -0.2) is 17.5 Å². The van der Waals surface area contributed by atoms with E-state index >= 15 is 0 Å². The number of hydrogen-bond donors (Lipinski definition) is 1. The number of thiazole rings is 1. The van der Waals surface area contributed by atoms with Crippen molar-refractivity contribution in [3.05, 3.63) is 53.9 Å². The van der Waals surface area contributed by atoms with Crippen molar-refractivity contribution < 1.29 is 9.53 Å². The van der Waals surface area contributed by atoms with Crippen LogP contribution in [0.3, 0.4) is 0 Å². The van der Waals surface area contributed by atoms with E-state index < -0.39 is 0 Å². The Morgan fingerprint density at radius 1 is 1.08 bits per heavy atom. The summed E-state index contributed by atoms with van der Waals surface area (Å²) < 4.78 is 5.46. The van der Waals surface area contributed by atoms with Crippen LogP contribution in [0, 0.1) is 0 Å². The van der Waals surface area contributed by atoms with Crippen molar-refractivity contribution in [1.82, 2.24) is 4.98 Å². The fourth-order valence-electron chi connectivity index (χ4n) is 2.33. The molecule has 0 aliphatic carbocycles. The highest BCUT2D eigenvalue weighted by Gasteiger charge is 2.07. The zero-order valence-corrected chi connectivity index (χ0v) is 14.4. The first-order valence-corrected chi connectivity index (χ1v) is 8.60. The first-order chi connectivity index (χ1) is 11.7. The summed E-state index contributed by atoms with van der Waals surface area (Å²) in [5, 5.41) is 5.77. The second-order valence-corrected chi connectivity index (χ2v) is 6.11. The number of amides is 1. The molecule has 0 atom stereocenters. The summed E-state index contributed by atoms with van der Waals surface area (Å²) in [6.07, 6.45) is 0. The van der Waals surface area contributed by atoms with Crippen LogP contribution in [-0.2, 0) is 4.79 Å². The monoisotopic (exact) mass is 338 g/mol. The third-order valence-corrected chi connectivity index (χ3v) is 4.31. The van der Waals surface area contributed by atoms with Crippen LogP contribution >= 0.6 is 11.3 Å². The van der Waals surface area contributed by atoms with Crippen molar-refractivity contribution in [3.8, 4) is 27.6 Å². The highest BCUT2D eigenvalue weighted by Crippen LogP contribution is 2.30. The summed E-state index contributed by atoms with van der Waals surface area (Å²) in [5.74, 6) is 0.792. The van der Waals surface area contributed by atoms with Crippen molar-refractivity contribution in [2.75, 3.05) is 11.9 Å². The van der Waals surface area contributed by atoms with E-state index in [0.29, 0.717) is 6.61 Å². The average molecular weight is 338 g/mol. The summed E-state index contributed by atoms with van der Waals surface area (Å²) in [5.41, 5.74) is 3.81. The summed E-state index contributed by atoms with van der Waals surface area (Å²) in [7, 11) is 0. The van der Waals surface area contributed by atoms with Gasteiger partial charge in [0.15, 0.2) is 0 Å². The van der Waals surface area contributed by atoms with E-state index in [9.17, 15) is 4.79 Å². The van der Waals surface area contributed by atoms with Crippen LogP contribution in [0.25, 0.3) is 21.8 Å². The molecule has 0 aliphatic rings. The van der Waals surface area contributed by atoms with E-state index in [-0.39, 0.29) is 5.91 Å². The lowest BCUT2D eigenvalue weighted by Crippen LogP contribution is -2.05. The zero-order chi connectivity index (χ0) is 16.9. The quantitative estimate of drug-likeness (QED) is 0.724. The van der Waals surface area contributed by atoms with Crippen molar-refractivity contribution >= 4 is 22.9 Å². The van der Waals surface area contributed by atoms with Crippen LogP contribution in [0.4, 0.5) is 5.69 Å². The largest absolute Gasteiger partial charge is 0.494 e. The second-order valence-electron chi connectivity index (χ2n) is 5.25. The summed E-state index contributed by atoms with van der Waals surface area (Å²) >= 11 is 1.61. The molecule has 3 rings (SSSR count). The summed E-state index contributed by atoms with van der Waals surface area (Å²) in [4.78, 5) is 15.8. The van der Waals surface area contributed by atoms with Crippen LogP contribution in [0.2, 0.25) is 0 Å². The molecule has 0 spiro atoms. The van der Waals surface area contributed by atoms with Crippen molar-refractivity contribution in [2.45, 2.75) is 13.8 Å². The number of hydrogen-bond acceptors (Lipinski definition) is 4. The Morgan fingerprint density at radius 3 is 2.38 bits per heavy atom. The van der Waals surface area contributed by atoms with E-state index in [0.717, 1.165) is 33.3 Å². The normalized spacial score (nSPS) is 10.4. The molecular weight excluding hydrogens is 320 g/mol. The fraction of sp³-hybridized carbons (Fsp3) is 0.158. The van der Waals surface area contributed by atoms with E-state index in [4.69, 9.17) is 9.72 Å². The van der Waals surface area contributed by atoms with Crippen molar-refractivity contribution in [1.29, 1.82) is 0 Å². The van der Waals surface area contributed by atoms with Crippen LogP contribution in [0.1, 0.15) is 13.8 Å². The number of carbonyl (C=O) groups is 1. The minimum Gasteiger partial charge on any atom is -0.494 e. The maximum absolute atomic E-state index is 11.1. The Balaban J connectivity index is 1.78. The smallest absolute Gasteiger partial charge is 0.221 e. The molecule has 0 bridgehead atoms.